The first-order valence-corrected chi connectivity index (χ1v) is 7.10. The van der Waals surface area contributed by atoms with Crippen molar-refractivity contribution in [2.24, 2.45) is 0 Å². The van der Waals surface area contributed by atoms with Gasteiger partial charge in [-0.3, -0.25) is 0 Å². The highest BCUT2D eigenvalue weighted by Crippen LogP contribution is 2.15. The van der Waals surface area contributed by atoms with Crippen molar-refractivity contribution in [2.45, 2.75) is 59.1 Å². The highest BCUT2D eigenvalue weighted by molar-refractivity contribution is 5.27. The van der Waals surface area contributed by atoms with Crippen LogP contribution >= 0.6 is 0 Å². The molecule has 0 saturated heterocycles. The molecule has 0 radical (unpaired) electrons. The molecule has 0 saturated carbocycles. The average molecular weight is 249 g/mol. The van der Waals surface area contributed by atoms with Gasteiger partial charge in [-0.2, -0.15) is 0 Å². The van der Waals surface area contributed by atoms with Gasteiger partial charge < -0.3 is 10.1 Å². The molecule has 0 aliphatic carbocycles. The molecule has 0 fully saturated rings. The first-order valence-electron chi connectivity index (χ1n) is 7.10. The summed E-state index contributed by atoms with van der Waals surface area (Å²) in [7, 11) is 0. The predicted molar refractivity (Wildman–Crippen MR) is 78.3 cm³/mol. The summed E-state index contributed by atoms with van der Waals surface area (Å²) >= 11 is 0. The Hall–Kier alpha value is -1.02. The van der Waals surface area contributed by atoms with Crippen molar-refractivity contribution in [2.75, 3.05) is 6.54 Å². The molecule has 0 spiro atoms. The fourth-order valence-electron chi connectivity index (χ4n) is 1.88. The molecule has 1 unspecified atom stereocenters. The van der Waals surface area contributed by atoms with E-state index in [0.717, 1.165) is 18.7 Å². The van der Waals surface area contributed by atoms with Gasteiger partial charge in [0.25, 0.3) is 0 Å². The summed E-state index contributed by atoms with van der Waals surface area (Å²) in [6.45, 7) is 9.67. The lowest BCUT2D eigenvalue weighted by Crippen LogP contribution is -2.27. The SMILES string of the molecule is CCCNC(C)CCc1ccc(OC(C)C)cc1. The van der Waals surface area contributed by atoms with E-state index in [1.807, 2.05) is 0 Å². The van der Waals surface area contributed by atoms with Crippen molar-refractivity contribution in [1.29, 1.82) is 0 Å². The normalized spacial score (nSPS) is 12.7. The van der Waals surface area contributed by atoms with Crippen molar-refractivity contribution >= 4 is 0 Å². The van der Waals surface area contributed by atoms with Gasteiger partial charge in [0, 0.05) is 6.04 Å². The van der Waals surface area contributed by atoms with Crippen LogP contribution in [0.4, 0.5) is 0 Å². The molecule has 0 aromatic heterocycles. The smallest absolute Gasteiger partial charge is 0.119 e. The standard InChI is InChI=1S/C16H27NO/c1-5-12-17-14(4)6-7-15-8-10-16(11-9-15)18-13(2)3/h8-11,13-14,17H,5-7,12H2,1-4H3. The predicted octanol–water partition coefficient (Wildman–Crippen LogP) is 3.79. The van der Waals surface area contributed by atoms with E-state index in [1.165, 1.54) is 18.4 Å². The van der Waals surface area contributed by atoms with Crippen LogP contribution in [0.5, 0.6) is 5.75 Å². The van der Waals surface area contributed by atoms with Crippen molar-refractivity contribution in [3.05, 3.63) is 29.8 Å². The minimum absolute atomic E-state index is 0.245. The Bertz CT molecular complexity index is 318. The maximum Gasteiger partial charge on any atom is 0.119 e. The lowest BCUT2D eigenvalue weighted by Gasteiger charge is -2.13. The van der Waals surface area contributed by atoms with Crippen molar-refractivity contribution in [3.63, 3.8) is 0 Å². The highest BCUT2D eigenvalue weighted by atomic mass is 16.5. The molecule has 2 nitrogen and oxygen atoms in total. The minimum atomic E-state index is 0.245. The van der Waals surface area contributed by atoms with Gasteiger partial charge in [-0.05, 0) is 64.3 Å². The molecule has 102 valence electrons. The second-order valence-corrected chi connectivity index (χ2v) is 5.20. The Kier molecular flexibility index (Phi) is 6.81. The number of benzene rings is 1. The second-order valence-electron chi connectivity index (χ2n) is 5.20. The summed E-state index contributed by atoms with van der Waals surface area (Å²) in [6, 6.07) is 9.07. The van der Waals surface area contributed by atoms with Gasteiger partial charge in [0.2, 0.25) is 0 Å². The third kappa shape index (κ3) is 6.06. The third-order valence-electron chi connectivity index (χ3n) is 2.90. The molecule has 0 aliphatic rings. The molecule has 0 amide bonds. The van der Waals surface area contributed by atoms with E-state index in [0.29, 0.717) is 6.04 Å². The molecule has 18 heavy (non-hydrogen) atoms. The molecule has 1 aromatic rings. The second kappa shape index (κ2) is 8.15. The van der Waals surface area contributed by atoms with Gasteiger partial charge in [0.05, 0.1) is 6.10 Å². The van der Waals surface area contributed by atoms with Gasteiger partial charge in [0.1, 0.15) is 5.75 Å². The van der Waals surface area contributed by atoms with Crippen LogP contribution in [0.3, 0.4) is 0 Å². The van der Waals surface area contributed by atoms with Crippen LogP contribution < -0.4 is 10.1 Å². The van der Waals surface area contributed by atoms with Gasteiger partial charge >= 0.3 is 0 Å². The van der Waals surface area contributed by atoms with E-state index < -0.39 is 0 Å². The van der Waals surface area contributed by atoms with E-state index in [2.05, 4.69) is 57.3 Å². The Balaban J connectivity index is 2.34. The zero-order chi connectivity index (χ0) is 13.4. The molecule has 0 bridgehead atoms. The summed E-state index contributed by atoms with van der Waals surface area (Å²) in [5, 5.41) is 3.52. The maximum absolute atomic E-state index is 5.64. The fourth-order valence-corrected chi connectivity index (χ4v) is 1.88. The number of hydrogen-bond acceptors (Lipinski definition) is 2. The van der Waals surface area contributed by atoms with Crippen LogP contribution in [0, 0.1) is 0 Å². The number of nitrogens with one attached hydrogen (secondary N) is 1. The molecule has 2 heteroatoms. The van der Waals surface area contributed by atoms with E-state index in [1.54, 1.807) is 0 Å². The Morgan fingerprint density at radius 2 is 1.78 bits per heavy atom. The van der Waals surface area contributed by atoms with Gasteiger partial charge in [-0.1, -0.05) is 19.1 Å². The van der Waals surface area contributed by atoms with E-state index in [4.69, 9.17) is 4.74 Å². The van der Waals surface area contributed by atoms with Crippen LogP contribution in [0.15, 0.2) is 24.3 Å². The molecule has 0 aliphatic heterocycles. The van der Waals surface area contributed by atoms with Crippen LogP contribution in [-0.4, -0.2) is 18.7 Å². The largest absolute Gasteiger partial charge is 0.491 e. The maximum atomic E-state index is 5.64. The van der Waals surface area contributed by atoms with E-state index in [9.17, 15) is 0 Å². The van der Waals surface area contributed by atoms with Crippen LogP contribution in [0.1, 0.15) is 46.1 Å². The van der Waals surface area contributed by atoms with Crippen LogP contribution in [0.2, 0.25) is 0 Å². The summed E-state index contributed by atoms with van der Waals surface area (Å²) in [5.41, 5.74) is 1.39. The summed E-state index contributed by atoms with van der Waals surface area (Å²) < 4.78 is 5.64. The minimum Gasteiger partial charge on any atom is -0.491 e. The van der Waals surface area contributed by atoms with Gasteiger partial charge in [-0.25, -0.2) is 0 Å². The molecule has 1 atom stereocenters. The van der Waals surface area contributed by atoms with Gasteiger partial charge in [-0.15, -0.1) is 0 Å². The molecule has 1 rings (SSSR count). The van der Waals surface area contributed by atoms with E-state index >= 15 is 0 Å². The van der Waals surface area contributed by atoms with E-state index in [-0.39, 0.29) is 6.10 Å². The summed E-state index contributed by atoms with van der Waals surface area (Å²) in [5.74, 6) is 0.964. The summed E-state index contributed by atoms with van der Waals surface area (Å²) in [4.78, 5) is 0. The molecule has 1 aromatic carbocycles. The first kappa shape index (κ1) is 15.0. The van der Waals surface area contributed by atoms with Crippen molar-refractivity contribution in [3.8, 4) is 5.75 Å². The Morgan fingerprint density at radius 3 is 2.33 bits per heavy atom. The lowest BCUT2D eigenvalue weighted by molar-refractivity contribution is 0.242. The number of rotatable bonds is 8. The van der Waals surface area contributed by atoms with Crippen LogP contribution in [-0.2, 0) is 6.42 Å². The van der Waals surface area contributed by atoms with Gasteiger partial charge in [0.15, 0.2) is 0 Å². The third-order valence-corrected chi connectivity index (χ3v) is 2.90. The number of aryl methyl sites for hydroxylation is 1. The number of hydrogen-bond donors (Lipinski definition) is 1. The zero-order valence-electron chi connectivity index (χ0n) is 12.2. The van der Waals surface area contributed by atoms with Crippen LogP contribution in [0.25, 0.3) is 0 Å². The molecule has 1 N–H and O–H groups in total. The zero-order valence-corrected chi connectivity index (χ0v) is 12.2. The lowest BCUT2D eigenvalue weighted by atomic mass is 10.1. The fraction of sp³-hybridized carbons (Fsp3) is 0.625. The average Bonchev–Trinajstić information content (AvgIpc) is 2.35. The monoisotopic (exact) mass is 249 g/mol. The van der Waals surface area contributed by atoms with Crippen molar-refractivity contribution < 1.29 is 4.74 Å². The Labute approximate surface area is 112 Å². The molecule has 0 heterocycles. The topological polar surface area (TPSA) is 21.3 Å². The number of ether oxygens (including phenoxy) is 1. The highest BCUT2D eigenvalue weighted by Gasteiger charge is 2.02. The molecular weight excluding hydrogens is 222 g/mol. The molecular formula is C16H27NO. The summed E-state index contributed by atoms with van der Waals surface area (Å²) in [6.07, 6.45) is 3.75. The first-order chi connectivity index (χ1) is 8.61. The Morgan fingerprint density at radius 1 is 1.11 bits per heavy atom. The quantitative estimate of drug-likeness (QED) is 0.756. The van der Waals surface area contributed by atoms with Crippen molar-refractivity contribution in [1.82, 2.24) is 5.32 Å².